The number of nitrogens with two attached hydrogens (primary N) is 1. The Hall–Kier alpha value is -0.650. The maximum absolute atomic E-state index is 12.4. The Morgan fingerprint density at radius 3 is 2.65 bits per heavy atom. The number of halogens is 1. The predicted molar refractivity (Wildman–Crippen MR) is 108 cm³/mol. The molecule has 0 saturated heterocycles. The van der Waals surface area contributed by atoms with Crippen molar-refractivity contribution in [3.8, 4) is 0 Å². The van der Waals surface area contributed by atoms with Gasteiger partial charge in [-0.05, 0) is 12.1 Å². The Morgan fingerprint density at radius 1 is 1.43 bits per heavy atom. The van der Waals surface area contributed by atoms with Gasteiger partial charge in [-0.15, -0.1) is 41.9 Å². The Morgan fingerprint density at radius 2 is 2.09 bits per heavy atom. The van der Waals surface area contributed by atoms with E-state index in [4.69, 9.17) is 5.73 Å². The van der Waals surface area contributed by atoms with Gasteiger partial charge in [0.25, 0.3) is 10.0 Å². The molecular weight excluding hydrogens is 447 g/mol. The van der Waals surface area contributed by atoms with E-state index in [0.717, 1.165) is 4.88 Å². The summed E-state index contributed by atoms with van der Waals surface area (Å²) in [6.45, 7) is 9.29. The SMILES string of the molecule is C=CCNC(N)=NCCc1ccc(S(=O)(=O)N(CC)CC)s1.I. The van der Waals surface area contributed by atoms with Crippen molar-refractivity contribution in [3.63, 3.8) is 0 Å². The van der Waals surface area contributed by atoms with E-state index in [1.54, 1.807) is 12.1 Å². The van der Waals surface area contributed by atoms with E-state index >= 15 is 0 Å². The molecule has 0 bridgehead atoms. The highest BCUT2D eigenvalue weighted by molar-refractivity contribution is 14.0. The third kappa shape index (κ3) is 6.77. The van der Waals surface area contributed by atoms with Crippen LogP contribution >= 0.6 is 35.3 Å². The van der Waals surface area contributed by atoms with Gasteiger partial charge >= 0.3 is 0 Å². The number of thiophene rings is 1. The van der Waals surface area contributed by atoms with Gasteiger partial charge in [-0.3, -0.25) is 4.99 Å². The molecular formula is C14H25IN4O2S2. The molecule has 132 valence electrons. The molecule has 1 aromatic rings. The highest BCUT2D eigenvalue weighted by atomic mass is 127. The van der Waals surface area contributed by atoms with Crippen LogP contribution in [0.5, 0.6) is 0 Å². The molecule has 0 aromatic carbocycles. The first-order valence-electron chi connectivity index (χ1n) is 7.19. The molecule has 9 heteroatoms. The summed E-state index contributed by atoms with van der Waals surface area (Å²) < 4.78 is 26.6. The van der Waals surface area contributed by atoms with Gasteiger partial charge in [-0.2, -0.15) is 4.31 Å². The smallest absolute Gasteiger partial charge is 0.252 e. The van der Waals surface area contributed by atoms with E-state index in [1.165, 1.54) is 15.6 Å². The van der Waals surface area contributed by atoms with Crippen LogP contribution in [0.3, 0.4) is 0 Å². The van der Waals surface area contributed by atoms with E-state index < -0.39 is 10.0 Å². The van der Waals surface area contributed by atoms with Crippen LogP contribution in [0.1, 0.15) is 18.7 Å². The number of guanidine groups is 1. The van der Waals surface area contributed by atoms with Gasteiger partial charge in [0.2, 0.25) is 0 Å². The van der Waals surface area contributed by atoms with Crippen molar-refractivity contribution in [2.45, 2.75) is 24.5 Å². The number of aliphatic imine (C=N–C) groups is 1. The summed E-state index contributed by atoms with van der Waals surface area (Å²) >= 11 is 1.29. The molecule has 0 aliphatic carbocycles. The van der Waals surface area contributed by atoms with Gasteiger partial charge in [0, 0.05) is 37.5 Å². The van der Waals surface area contributed by atoms with Crippen LogP contribution in [-0.4, -0.2) is 44.9 Å². The summed E-state index contributed by atoms with van der Waals surface area (Å²) in [5.74, 6) is 0.368. The number of nitrogens with zero attached hydrogens (tertiary/aromatic N) is 2. The molecule has 0 spiro atoms. The van der Waals surface area contributed by atoms with Gasteiger partial charge in [-0.1, -0.05) is 19.9 Å². The summed E-state index contributed by atoms with van der Waals surface area (Å²) in [7, 11) is -3.37. The second-order valence-electron chi connectivity index (χ2n) is 4.50. The minimum Gasteiger partial charge on any atom is -0.370 e. The number of sulfonamides is 1. The molecule has 0 radical (unpaired) electrons. The number of nitrogens with one attached hydrogen (secondary N) is 1. The average molecular weight is 472 g/mol. The monoisotopic (exact) mass is 472 g/mol. The van der Waals surface area contributed by atoms with E-state index in [-0.39, 0.29) is 24.0 Å². The Balaban J connectivity index is 0.00000484. The van der Waals surface area contributed by atoms with E-state index in [1.807, 2.05) is 19.9 Å². The fourth-order valence-electron chi connectivity index (χ4n) is 1.84. The van der Waals surface area contributed by atoms with Crippen molar-refractivity contribution >= 4 is 51.3 Å². The van der Waals surface area contributed by atoms with Gasteiger partial charge in [-0.25, -0.2) is 8.42 Å². The molecule has 0 saturated carbocycles. The van der Waals surface area contributed by atoms with E-state index in [9.17, 15) is 8.42 Å². The Labute approximate surface area is 159 Å². The van der Waals surface area contributed by atoms with Crippen molar-refractivity contribution in [1.29, 1.82) is 0 Å². The van der Waals surface area contributed by atoms with Gasteiger partial charge < -0.3 is 11.1 Å². The molecule has 0 atom stereocenters. The lowest BCUT2D eigenvalue weighted by Crippen LogP contribution is -2.31. The molecule has 0 unspecified atom stereocenters. The summed E-state index contributed by atoms with van der Waals surface area (Å²) in [4.78, 5) is 5.16. The highest BCUT2D eigenvalue weighted by Gasteiger charge is 2.23. The summed E-state index contributed by atoms with van der Waals surface area (Å²) in [6, 6.07) is 3.50. The van der Waals surface area contributed by atoms with Crippen LogP contribution in [0, 0.1) is 0 Å². The lowest BCUT2D eigenvalue weighted by atomic mass is 10.3. The fraction of sp³-hybridized carbons (Fsp3) is 0.500. The van der Waals surface area contributed by atoms with Crippen molar-refractivity contribution in [1.82, 2.24) is 9.62 Å². The van der Waals surface area contributed by atoms with Crippen molar-refractivity contribution in [2.75, 3.05) is 26.2 Å². The van der Waals surface area contributed by atoms with Crippen LogP contribution in [0.4, 0.5) is 0 Å². The zero-order chi connectivity index (χ0) is 16.6. The van der Waals surface area contributed by atoms with Crippen molar-refractivity contribution in [2.24, 2.45) is 10.7 Å². The molecule has 3 N–H and O–H groups in total. The normalized spacial score (nSPS) is 12.0. The van der Waals surface area contributed by atoms with Gasteiger partial charge in [0.1, 0.15) is 4.21 Å². The standard InChI is InChI=1S/C14H24N4O2S2.HI/c1-4-10-16-14(15)17-11-9-12-7-8-13(21-12)22(19,20)18(5-2)6-3;/h4,7-8H,1,5-6,9-11H2,2-3H3,(H3,15,16,17);1H. The maximum atomic E-state index is 12.4. The largest absolute Gasteiger partial charge is 0.370 e. The quantitative estimate of drug-likeness (QED) is 0.249. The second kappa shape index (κ2) is 11.0. The Bertz CT molecular complexity index is 610. The fourth-order valence-corrected chi connectivity index (χ4v) is 4.80. The zero-order valence-corrected chi connectivity index (χ0v) is 17.5. The van der Waals surface area contributed by atoms with Crippen LogP contribution in [-0.2, 0) is 16.4 Å². The second-order valence-corrected chi connectivity index (χ2v) is 7.83. The first kappa shape index (κ1) is 22.4. The van der Waals surface area contributed by atoms with Crippen LogP contribution in [0.25, 0.3) is 0 Å². The molecule has 1 rings (SSSR count). The van der Waals surface area contributed by atoms with Gasteiger partial charge in [0.15, 0.2) is 5.96 Å². The zero-order valence-electron chi connectivity index (χ0n) is 13.5. The van der Waals surface area contributed by atoms with Crippen LogP contribution in [0.2, 0.25) is 0 Å². The summed E-state index contributed by atoms with van der Waals surface area (Å²) in [6.07, 6.45) is 2.36. The van der Waals surface area contributed by atoms with E-state index in [2.05, 4.69) is 16.9 Å². The lowest BCUT2D eigenvalue weighted by molar-refractivity contribution is 0.447. The first-order valence-corrected chi connectivity index (χ1v) is 9.44. The van der Waals surface area contributed by atoms with E-state index in [0.29, 0.717) is 42.8 Å². The predicted octanol–water partition coefficient (Wildman–Crippen LogP) is 2.03. The van der Waals surface area contributed by atoms with Gasteiger partial charge in [0.05, 0.1) is 0 Å². The maximum Gasteiger partial charge on any atom is 0.252 e. The first-order chi connectivity index (χ1) is 10.5. The molecule has 6 nitrogen and oxygen atoms in total. The lowest BCUT2D eigenvalue weighted by Gasteiger charge is -2.16. The molecule has 1 heterocycles. The average Bonchev–Trinajstić information content (AvgIpc) is 2.95. The minimum absolute atomic E-state index is 0. The van der Waals surface area contributed by atoms with Crippen molar-refractivity contribution < 1.29 is 8.42 Å². The molecule has 1 aromatic heterocycles. The molecule has 23 heavy (non-hydrogen) atoms. The third-order valence-corrected chi connectivity index (χ3v) is 6.67. The number of hydrogen-bond acceptors (Lipinski definition) is 4. The summed E-state index contributed by atoms with van der Waals surface area (Å²) in [5, 5.41) is 2.89. The van der Waals surface area contributed by atoms with Crippen molar-refractivity contribution in [3.05, 3.63) is 29.7 Å². The minimum atomic E-state index is -3.37. The molecule has 0 aliphatic rings. The summed E-state index contributed by atoms with van der Waals surface area (Å²) in [5.41, 5.74) is 5.67. The number of rotatable bonds is 9. The Kier molecular flexibility index (Phi) is 10.7. The topological polar surface area (TPSA) is 87.8 Å². The van der Waals surface area contributed by atoms with Crippen LogP contribution < -0.4 is 11.1 Å². The molecule has 0 amide bonds. The van der Waals surface area contributed by atoms with Crippen LogP contribution in [0.15, 0.2) is 34.0 Å². The highest BCUT2D eigenvalue weighted by Crippen LogP contribution is 2.25. The molecule has 0 aliphatic heterocycles. The molecule has 0 fully saturated rings. The number of hydrogen-bond donors (Lipinski definition) is 2. The third-order valence-electron chi connectivity index (χ3n) is 3.00.